The minimum atomic E-state index is -3.50. The topological polar surface area (TPSA) is 85.5 Å². The van der Waals surface area contributed by atoms with Crippen molar-refractivity contribution in [3.8, 4) is 17.2 Å². The predicted molar refractivity (Wildman–Crippen MR) is 118 cm³/mol. The quantitative estimate of drug-likeness (QED) is 0.562. The maximum Gasteiger partial charge on any atom is 0.258 e. The minimum Gasteiger partial charge on any atom is -0.497 e. The van der Waals surface area contributed by atoms with Gasteiger partial charge in [0.25, 0.3) is 5.89 Å². The molecular formula is C23H27N3O4S. The molecule has 2 heterocycles. The molecule has 0 unspecified atom stereocenters. The molecule has 164 valence electrons. The molecule has 1 aliphatic rings. The summed E-state index contributed by atoms with van der Waals surface area (Å²) >= 11 is 0. The Hall–Kier alpha value is -2.71. The molecule has 8 heteroatoms. The fourth-order valence-corrected chi connectivity index (χ4v) is 5.27. The Balaban J connectivity index is 1.43. The van der Waals surface area contributed by atoms with E-state index in [0.29, 0.717) is 48.5 Å². The van der Waals surface area contributed by atoms with Crippen LogP contribution in [0.2, 0.25) is 0 Å². The number of sulfonamides is 1. The van der Waals surface area contributed by atoms with Gasteiger partial charge < -0.3 is 9.26 Å². The molecule has 0 saturated carbocycles. The Bertz CT molecular complexity index is 1130. The van der Waals surface area contributed by atoms with Crippen LogP contribution in [0.1, 0.15) is 49.9 Å². The monoisotopic (exact) mass is 441 g/mol. The molecule has 0 spiro atoms. The lowest BCUT2D eigenvalue weighted by Crippen LogP contribution is -2.38. The Morgan fingerprint density at radius 1 is 1.10 bits per heavy atom. The Morgan fingerprint density at radius 2 is 1.81 bits per heavy atom. The number of hydrogen-bond acceptors (Lipinski definition) is 6. The fourth-order valence-electron chi connectivity index (χ4n) is 3.80. The normalized spacial score (nSPS) is 16.0. The van der Waals surface area contributed by atoms with Crippen LogP contribution < -0.4 is 4.74 Å². The maximum atomic E-state index is 13.0. The summed E-state index contributed by atoms with van der Waals surface area (Å²) in [5.74, 6) is 2.21. The fraction of sp³-hybridized carbons (Fsp3) is 0.391. The van der Waals surface area contributed by atoms with Crippen LogP contribution in [0.4, 0.5) is 0 Å². The lowest BCUT2D eigenvalue weighted by atomic mass is 9.97. The van der Waals surface area contributed by atoms with Crippen LogP contribution in [0.3, 0.4) is 0 Å². The van der Waals surface area contributed by atoms with Gasteiger partial charge in [-0.3, -0.25) is 0 Å². The molecular weight excluding hydrogens is 414 g/mol. The van der Waals surface area contributed by atoms with Gasteiger partial charge in [0, 0.05) is 24.6 Å². The first-order valence-corrected chi connectivity index (χ1v) is 11.9. The van der Waals surface area contributed by atoms with Crippen LogP contribution in [0, 0.1) is 0 Å². The second kappa shape index (κ2) is 8.80. The molecule has 0 amide bonds. The van der Waals surface area contributed by atoms with Crippen LogP contribution in [-0.4, -0.2) is 43.1 Å². The summed E-state index contributed by atoms with van der Waals surface area (Å²) in [6.07, 6.45) is 1.31. The van der Waals surface area contributed by atoms with Gasteiger partial charge in [-0.25, -0.2) is 8.42 Å². The number of hydrogen-bond donors (Lipinski definition) is 0. The van der Waals surface area contributed by atoms with Crippen molar-refractivity contribution < 1.29 is 17.7 Å². The third-order valence-electron chi connectivity index (χ3n) is 5.76. The first-order valence-electron chi connectivity index (χ1n) is 10.5. The van der Waals surface area contributed by atoms with Gasteiger partial charge in [-0.05, 0) is 54.7 Å². The van der Waals surface area contributed by atoms with Crippen molar-refractivity contribution in [3.63, 3.8) is 0 Å². The molecule has 4 rings (SSSR count). The highest BCUT2D eigenvalue weighted by Crippen LogP contribution is 2.31. The molecule has 0 aliphatic carbocycles. The van der Waals surface area contributed by atoms with Crippen molar-refractivity contribution in [1.82, 2.24) is 14.4 Å². The Labute approximate surface area is 183 Å². The van der Waals surface area contributed by atoms with Gasteiger partial charge >= 0.3 is 0 Å². The smallest absolute Gasteiger partial charge is 0.258 e. The highest BCUT2D eigenvalue weighted by Gasteiger charge is 2.32. The largest absolute Gasteiger partial charge is 0.497 e. The molecule has 0 radical (unpaired) electrons. The van der Waals surface area contributed by atoms with E-state index in [-0.39, 0.29) is 5.92 Å². The van der Waals surface area contributed by atoms with Gasteiger partial charge in [0.1, 0.15) is 5.75 Å². The Morgan fingerprint density at radius 3 is 2.45 bits per heavy atom. The van der Waals surface area contributed by atoms with E-state index in [9.17, 15) is 8.42 Å². The van der Waals surface area contributed by atoms with Gasteiger partial charge in [0.2, 0.25) is 10.0 Å². The van der Waals surface area contributed by atoms with E-state index in [1.165, 1.54) is 0 Å². The summed E-state index contributed by atoms with van der Waals surface area (Å²) < 4.78 is 38.3. The average Bonchev–Trinajstić information content (AvgIpc) is 3.30. The summed E-state index contributed by atoms with van der Waals surface area (Å²) in [6.45, 7) is 5.04. The van der Waals surface area contributed by atoms with E-state index in [4.69, 9.17) is 9.26 Å². The summed E-state index contributed by atoms with van der Waals surface area (Å²) in [7, 11) is -1.89. The maximum absolute atomic E-state index is 13.0. The van der Waals surface area contributed by atoms with Crippen LogP contribution in [0.15, 0.2) is 57.9 Å². The second-order valence-corrected chi connectivity index (χ2v) is 10.0. The molecule has 3 aromatic rings. The molecule has 0 bridgehead atoms. The SMILES string of the molecule is COc1cccc(-c2nc(C3CCN(S(=O)(=O)c4ccc(C(C)C)cc4)CC3)no2)c1. The molecule has 2 aromatic carbocycles. The Kier molecular flexibility index (Phi) is 6.11. The van der Waals surface area contributed by atoms with Crippen LogP contribution in [0.5, 0.6) is 5.75 Å². The van der Waals surface area contributed by atoms with Crippen molar-refractivity contribution in [1.29, 1.82) is 0 Å². The zero-order valence-corrected chi connectivity index (χ0v) is 18.8. The van der Waals surface area contributed by atoms with E-state index in [1.807, 2.05) is 36.4 Å². The number of nitrogens with zero attached hydrogens (tertiary/aromatic N) is 3. The number of aromatic nitrogens is 2. The molecule has 1 aromatic heterocycles. The van der Waals surface area contributed by atoms with Gasteiger partial charge in [-0.2, -0.15) is 9.29 Å². The van der Waals surface area contributed by atoms with Crippen molar-refractivity contribution in [2.45, 2.75) is 43.4 Å². The third-order valence-corrected chi connectivity index (χ3v) is 7.67. The zero-order chi connectivity index (χ0) is 22.0. The average molecular weight is 442 g/mol. The van der Waals surface area contributed by atoms with Crippen LogP contribution in [0.25, 0.3) is 11.5 Å². The third kappa shape index (κ3) is 4.50. The zero-order valence-electron chi connectivity index (χ0n) is 18.0. The molecule has 7 nitrogen and oxygen atoms in total. The van der Waals surface area contributed by atoms with E-state index >= 15 is 0 Å². The van der Waals surface area contributed by atoms with E-state index < -0.39 is 10.0 Å². The minimum absolute atomic E-state index is 0.0675. The highest BCUT2D eigenvalue weighted by atomic mass is 32.2. The highest BCUT2D eigenvalue weighted by molar-refractivity contribution is 7.89. The second-order valence-electron chi connectivity index (χ2n) is 8.09. The lowest BCUT2D eigenvalue weighted by Gasteiger charge is -2.29. The number of methoxy groups -OCH3 is 1. The summed E-state index contributed by atoms with van der Waals surface area (Å²) in [6, 6.07) is 14.7. The lowest BCUT2D eigenvalue weighted by molar-refractivity contribution is 0.307. The van der Waals surface area contributed by atoms with Gasteiger partial charge in [-0.1, -0.05) is 37.2 Å². The van der Waals surface area contributed by atoms with Gasteiger partial charge in [0.05, 0.1) is 12.0 Å². The first kappa shape index (κ1) is 21.5. The van der Waals surface area contributed by atoms with E-state index in [1.54, 1.807) is 23.5 Å². The van der Waals surface area contributed by atoms with Crippen molar-refractivity contribution >= 4 is 10.0 Å². The molecule has 31 heavy (non-hydrogen) atoms. The van der Waals surface area contributed by atoms with Crippen molar-refractivity contribution in [2.24, 2.45) is 0 Å². The van der Waals surface area contributed by atoms with Crippen LogP contribution >= 0.6 is 0 Å². The molecule has 1 aliphatic heterocycles. The summed E-state index contributed by atoms with van der Waals surface area (Å²) in [4.78, 5) is 4.89. The number of rotatable bonds is 6. The van der Waals surface area contributed by atoms with E-state index in [0.717, 1.165) is 16.9 Å². The molecule has 1 fully saturated rings. The van der Waals surface area contributed by atoms with Gasteiger partial charge in [-0.15, -0.1) is 0 Å². The standard InChI is InChI=1S/C23H27N3O4S/c1-16(2)17-7-9-21(10-8-17)31(27,28)26-13-11-18(12-14-26)22-24-23(30-25-22)19-5-4-6-20(15-19)29-3/h4-10,15-16,18H,11-14H2,1-3H3. The van der Waals surface area contributed by atoms with Crippen LogP contribution in [-0.2, 0) is 10.0 Å². The van der Waals surface area contributed by atoms with E-state index in [2.05, 4.69) is 24.0 Å². The molecule has 1 saturated heterocycles. The summed E-state index contributed by atoms with van der Waals surface area (Å²) in [5.41, 5.74) is 1.92. The van der Waals surface area contributed by atoms with Crippen molar-refractivity contribution in [2.75, 3.05) is 20.2 Å². The van der Waals surface area contributed by atoms with Gasteiger partial charge in [0.15, 0.2) is 5.82 Å². The predicted octanol–water partition coefficient (Wildman–Crippen LogP) is 4.44. The number of benzene rings is 2. The molecule has 0 atom stereocenters. The first-order chi connectivity index (χ1) is 14.9. The number of ether oxygens (including phenoxy) is 1. The van der Waals surface area contributed by atoms with Crippen molar-refractivity contribution in [3.05, 3.63) is 59.9 Å². The summed E-state index contributed by atoms with van der Waals surface area (Å²) in [5, 5.41) is 4.15. The number of piperidine rings is 1. The molecule has 0 N–H and O–H groups in total.